The van der Waals surface area contributed by atoms with E-state index in [-0.39, 0.29) is 29.1 Å². The first-order chi connectivity index (χ1) is 19.2. The zero-order valence-electron chi connectivity index (χ0n) is 21.0. The molecule has 1 aliphatic rings. The lowest BCUT2D eigenvalue weighted by Crippen LogP contribution is -2.27. The zero-order valence-corrected chi connectivity index (χ0v) is 23.3. The highest BCUT2D eigenvalue weighted by Crippen LogP contribution is 2.35. The molecule has 4 aromatic rings. The first-order valence-electron chi connectivity index (χ1n) is 12.0. The van der Waals surface area contributed by atoms with Crippen molar-refractivity contribution in [2.75, 3.05) is 12.4 Å². The molecule has 1 aromatic heterocycles. The molecule has 0 spiro atoms. The van der Waals surface area contributed by atoms with E-state index in [1.165, 1.54) is 7.11 Å². The number of benzene rings is 3. The number of carbonyl (C=O) groups is 4. The average molecular weight is 594 g/mol. The first-order valence-corrected chi connectivity index (χ1v) is 13.6. The Hall–Kier alpha value is -4.05. The van der Waals surface area contributed by atoms with Crippen molar-refractivity contribution in [3.8, 4) is 0 Å². The Labute approximate surface area is 243 Å². The van der Waals surface area contributed by atoms with Crippen molar-refractivity contribution < 1.29 is 23.9 Å². The summed E-state index contributed by atoms with van der Waals surface area (Å²) in [6, 6.07) is 18.8. The highest BCUT2D eigenvalue weighted by molar-refractivity contribution is 8.18. The summed E-state index contributed by atoms with van der Waals surface area (Å²) >= 11 is 12.9. The quantitative estimate of drug-likeness (QED) is 0.191. The molecule has 3 amide bonds. The summed E-state index contributed by atoms with van der Waals surface area (Å²) in [5.41, 5.74) is 3.08. The minimum atomic E-state index is -0.462. The molecule has 0 atom stereocenters. The molecule has 0 saturated carbocycles. The number of amides is 3. The molecule has 0 radical (unpaired) electrons. The van der Waals surface area contributed by atoms with E-state index < -0.39 is 11.9 Å². The number of methoxy groups -OCH3 is 1. The third-order valence-corrected chi connectivity index (χ3v) is 7.85. The second-order valence-corrected chi connectivity index (χ2v) is 10.7. The van der Waals surface area contributed by atoms with Crippen molar-refractivity contribution in [3.05, 3.63) is 105 Å². The number of carbonyl (C=O) groups excluding carboxylic acids is 4. The maximum Gasteiger partial charge on any atom is 0.337 e. The maximum atomic E-state index is 13.1. The number of anilines is 1. The molecule has 2 heterocycles. The summed E-state index contributed by atoms with van der Waals surface area (Å²) in [6.07, 6.45) is 3.44. The SMILES string of the molecule is COC(=O)c1ccc(NC(=O)Cn2cc(/C=C3\SC(=O)N(Cc4ccc(Cl)c(Cl)c4)C3=O)c3ccccc32)cc1. The third-order valence-electron chi connectivity index (χ3n) is 6.21. The number of nitrogens with zero attached hydrogens (tertiary/aromatic N) is 2. The predicted molar refractivity (Wildman–Crippen MR) is 156 cm³/mol. The molecule has 11 heteroatoms. The zero-order chi connectivity index (χ0) is 28.4. The van der Waals surface area contributed by atoms with E-state index in [9.17, 15) is 19.2 Å². The Bertz CT molecular complexity index is 1700. The van der Waals surface area contributed by atoms with Crippen LogP contribution >= 0.6 is 35.0 Å². The van der Waals surface area contributed by atoms with Crippen LogP contribution in [0.5, 0.6) is 0 Å². The summed E-state index contributed by atoms with van der Waals surface area (Å²) in [4.78, 5) is 51.7. The van der Waals surface area contributed by atoms with Gasteiger partial charge in [0.05, 0.1) is 34.2 Å². The number of hydrogen-bond donors (Lipinski definition) is 1. The molecule has 0 aliphatic carbocycles. The maximum absolute atomic E-state index is 13.1. The van der Waals surface area contributed by atoms with Crippen LogP contribution in [0, 0.1) is 0 Å². The molecule has 40 heavy (non-hydrogen) atoms. The van der Waals surface area contributed by atoms with Crippen molar-refractivity contribution in [1.29, 1.82) is 0 Å². The highest BCUT2D eigenvalue weighted by Gasteiger charge is 2.35. The van der Waals surface area contributed by atoms with Crippen LogP contribution in [0.15, 0.2) is 77.8 Å². The number of thioether (sulfide) groups is 1. The Kier molecular flexibility index (Phi) is 7.97. The van der Waals surface area contributed by atoms with Gasteiger partial charge in [-0.3, -0.25) is 19.3 Å². The van der Waals surface area contributed by atoms with Gasteiger partial charge in [-0.05, 0) is 65.9 Å². The minimum Gasteiger partial charge on any atom is -0.465 e. The number of imide groups is 1. The number of para-hydroxylation sites is 1. The topological polar surface area (TPSA) is 97.7 Å². The van der Waals surface area contributed by atoms with Crippen LogP contribution in [0.4, 0.5) is 10.5 Å². The largest absolute Gasteiger partial charge is 0.465 e. The van der Waals surface area contributed by atoms with Gasteiger partial charge in [-0.25, -0.2) is 4.79 Å². The number of halogens is 2. The summed E-state index contributed by atoms with van der Waals surface area (Å²) in [7, 11) is 1.30. The van der Waals surface area contributed by atoms with Crippen LogP contribution in [-0.2, 0) is 27.4 Å². The molecule has 8 nitrogen and oxygen atoms in total. The summed E-state index contributed by atoms with van der Waals surface area (Å²) in [5.74, 6) is -1.15. The lowest BCUT2D eigenvalue weighted by Gasteiger charge is -2.12. The summed E-state index contributed by atoms with van der Waals surface area (Å²) in [6.45, 7) is 0.0767. The first kappa shape index (κ1) is 27.5. The number of fused-ring (bicyclic) bond motifs is 1. The summed E-state index contributed by atoms with van der Waals surface area (Å²) in [5, 5.41) is 3.99. The second-order valence-electron chi connectivity index (χ2n) is 8.86. The molecule has 0 unspecified atom stereocenters. The van der Waals surface area contributed by atoms with Gasteiger partial charge in [-0.1, -0.05) is 47.5 Å². The van der Waals surface area contributed by atoms with E-state index in [4.69, 9.17) is 27.9 Å². The van der Waals surface area contributed by atoms with Crippen LogP contribution in [0.3, 0.4) is 0 Å². The Morgan fingerprint density at radius 2 is 1.75 bits per heavy atom. The number of aromatic nitrogens is 1. The van der Waals surface area contributed by atoms with Crippen LogP contribution in [0.2, 0.25) is 10.0 Å². The predicted octanol–water partition coefficient (Wildman–Crippen LogP) is 6.61. The molecular formula is C29H21Cl2N3O5S. The standard InChI is InChI=1S/C29H21Cl2N3O5S/c1-39-28(37)18-7-9-20(10-8-18)32-26(35)16-33-15-19(21-4-2-3-5-24(21)33)13-25-27(36)34(29(38)40-25)14-17-6-11-22(30)23(31)12-17/h2-13,15H,14,16H2,1H3,(H,32,35)/b25-13-. The van der Waals surface area contributed by atoms with Crippen molar-refractivity contribution >= 4 is 80.7 Å². The van der Waals surface area contributed by atoms with Crippen molar-refractivity contribution in [2.45, 2.75) is 13.1 Å². The highest BCUT2D eigenvalue weighted by atomic mass is 35.5. The van der Waals surface area contributed by atoms with E-state index >= 15 is 0 Å². The van der Waals surface area contributed by atoms with Gasteiger partial charge in [-0.2, -0.15) is 0 Å². The molecule has 1 saturated heterocycles. The van der Waals surface area contributed by atoms with Gasteiger partial charge in [-0.15, -0.1) is 0 Å². The second kappa shape index (κ2) is 11.6. The number of esters is 1. The Morgan fingerprint density at radius 3 is 2.48 bits per heavy atom. The smallest absolute Gasteiger partial charge is 0.337 e. The van der Waals surface area contributed by atoms with Crippen molar-refractivity contribution in [3.63, 3.8) is 0 Å². The van der Waals surface area contributed by atoms with Gasteiger partial charge in [0.15, 0.2) is 0 Å². The van der Waals surface area contributed by atoms with Crippen LogP contribution in [0.1, 0.15) is 21.5 Å². The van der Waals surface area contributed by atoms with Gasteiger partial charge < -0.3 is 14.6 Å². The monoisotopic (exact) mass is 593 g/mol. The van der Waals surface area contributed by atoms with E-state index in [0.717, 1.165) is 27.6 Å². The number of nitrogens with one attached hydrogen (secondary N) is 1. The van der Waals surface area contributed by atoms with E-state index in [2.05, 4.69) is 5.32 Å². The fourth-order valence-corrected chi connectivity index (χ4v) is 5.43. The molecule has 202 valence electrons. The lowest BCUT2D eigenvalue weighted by molar-refractivity contribution is -0.123. The molecule has 0 bridgehead atoms. The fourth-order valence-electron chi connectivity index (χ4n) is 4.28. The molecule has 1 fully saturated rings. The molecule has 3 aromatic carbocycles. The fraction of sp³-hybridized carbons (Fsp3) is 0.103. The van der Waals surface area contributed by atoms with Gasteiger partial charge in [0.2, 0.25) is 5.91 Å². The average Bonchev–Trinajstić information content (AvgIpc) is 3.42. The lowest BCUT2D eigenvalue weighted by atomic mass is 10.1. The number of ether oxygens (including phenoxy) is 1. The van der Waals surface area contributed by atoms with Crippen LogP contribution < -0.4 is 5.32 Å². The third kappa shape index (κ3) is 5.77. The van der Waals surface area contributed by atoms with Crippen molar-refractivity contribution in [2.24, 2.45) is 0 Å². The van der Waals surface area contributed by atoms with Crippen LogP contribution in [0.25, 0.3) is 17.0 Å². The van der Waals surface area contributed by atoms with Gasteiger partial charge in [0.1, 0.15) is 6.54 Å². The number of rotatable bonds is 7. The molecule has 1 aliphatic heterocycles. The van der Waals surface area contributed by atoms with Gasteiger partial charge in [0.25, 0.3) is 11.1 Å². The van der Waals surface area contributed by atoms with Gasteiger partial charge >= 0.3 is 5.97 Å². The molecular weight excluding hydrogens is 573 g/mol. The summed E-state index contributed by atoms with van der Waals surface area (Å²) < 4.78 is 6.47. The Balaban J connectivity index is 1.35. The molecule has 1 N–H and O–H groups in total. The Morgan fingerprint density at radius 1 is 1.00 bits per heavy atom. The number of hydrogen-bond acceptors (Lipinski definition) is 6. The van der Waals surface area contributed by atoms with Gasteiger partial charge in [0, 0.05) is 28.4 Å². The van der Waals surface area contributed by atoms with E-state index in [0.29, 0.717) is 32.4 Å². The van der Waals surface area contributed by atoms with Crippen LogP contribution in [-0.4, -0.2) is 39.6 Å². The minimum absolute atomic E-state index is 0.00586. The van der Waals surface area contributed by atoms with E-state index in [1.54, 1.807) is 59.3 Å². The van der Waals surface area contributed by atoms with E-state index in [1.807, 2.05) is 24.3 Å². The van der Waals surface area contributed by atoms with Crippen molar-refractivity contribution in [1.82, 2.24) is 9.47 Å². The normalized spacial score (nSPS) is 14.3. The molecule has 5 rings (SSSR count).